The lowest BCUT2D eigenvalue weighted by Crippen LogP contribution is -2.44. The van der Waals surface area contributed by atoms with Gasteiger partial charge in [-0.15, -0.1) is 35.7 Å². The third-order valence-electron chi connectivity index (χ3n) is 4.53. The summed E-state index contributed by atoms with van der Waals surface area (Å²) in [6.45, 7) is 7.85. The molecule has 0 amide bonds. The van der Waals surface area contributed by atoms with Gasteiger partial charge in [-0.2, -0.15) is 0 Å². The van der Waals surface area contributed by atoms with Gasteiger partial charge in [-0.1, -0.05) is 25.1 Å². The van der Waals surface area contributed by atoms with E-state index in [1.165, 1.54) is 11.2 Å². The Morgan fingerprint density at radius 1 is 1.25 bits per heavy atom. The van der Waals surface area contributed by atoms with E-state index >= 15 is 0 Å². The lowest BCUT2D eigenvalue weighted by Gasteiger charge is -2.30. The Morgan fingerprint density at radius 3 is 2.46 bits per heavy atom. The molecule has 1 aliphatic rings. The van der Waals surface area contributed by atoms with Crippen molar-refractivity contribution in [2.75, 3.05) is 39.0 Å². The van der Waals surface area contributed by atoms with Gasteiger partial charge in [0.05, 0.1) is 12.8 Å². The second kappa shape index (κ2) is 12.9. The van der Waals surface area contributed by atoms with Gasteiger partial charge in [-0.05, 0) is 37.8 Å². The number of guanidine groups is 1. The van der Waals surface area contributed by atoms with E-state index in [2.05, 4.69) is 48.7 Å². The lowest BCUT2D eigenvalue weighted by molar-refractivity contribution is 0.275. The summed E-state index contributed by atoms with van der Waals surface area (Å²) >= 11 is 1.83. The van der Waals surface area contributed by atoms with E-state index < -0.39 is 10.0 Å². The number of halogens is 1. The standard InChI is InChI=1S/C19H32N4O2S2.HI/c1-4-20-19(21-14-16(2)26-18-8-6-5-7-9-18)22-15-17-10-12-23(13-11-17)27(3,24)25;/h5-9,16-17H,4,10-15H2,1-3H3,(H2,20,21,22);1H. The highest BCUT2D eigenvalue weighted by Crippen LogP contribution is 2.22. The number of sulfonamides is 1. The van der Waals surface area contributed by atoms with Gasteiger partial charge in [0.2, 0.25) is 10.0 Å². The quantitative estimate of drug-likeness (QED) is 0.230. The third kappa shape index (κ3) is 9.32. The fraction of sp³-hybridized carbons (Fsp3) is 0.632. The zero-order valence-electron chi connectivity index (χ0n) is 16.9. The van der Waals surface area contributed by atoms with E-state index in [4.69, 9.17) is 4.99 Å². The van der Waals surface area contributed by atoms with E-state index in [0.29, 0.717) is 24.3 Å². The molecule has 0 radical (unpaired) electrons. The molecule has 1 unspecified atom stereocenters. The zero-order valence-corrected chi connectivity index (χ0v) is 20.9. The zero-order chi connectivity index (χ0) is 19.7. The fourth-order valence-corrected chi connectivity index (χ4v) is 4.82. The van der Waals surface area contributed by atoms with Gasteiger partial charge >= 0.3 is 0 Å². The molecule has 1 heterocycles. The maximum Gasteiger partial charge on any atom is 0.211 e. The number of hydrogen-bond donors (Lipinski definition) is 2. The monoisotopic (exact) mass is 540 g/mol. The molecule has 1 aromatic rings. The number of nitrogens with one attached hydrogen (secondary N) is 2. The molecule has 0 saturated carbocycles. The van der Waals surface area contributed by atoms with E-state index in [9.17, 15) is 8.42 Å². The van der Waals surface area contributed by atoms with Gasteiger partial charge in [-0.3, -0.25) is 4.99 Å². The lowest BCUT2D eigenvalue weighted by atomic mass is 9.98. The first-order valence-electron chi connectivity index (χ1n) is 9.57. The highest BCUT2D eigenvalue weighted by Gasteiger charge is 2.24. The molecule has 0 aliphatic carbocycles. The topological polar surface area (TPSA) is 73.8 Å². The molecule has 1 aliphatic heterocycles. The van der Waals surface area contributed by atoms with Crippen molar-refractivity contribution >= 4 is 51.7 Å². The van der Waals surface area contributed by atoms with Crippen LogP contribution in [0.5, 0.6) is 0 Å². The number of nitrogens with zero attached hydrogens (tertiary/aromatic N) is 2. The highest BCUT2D eigenvalue weighted by atomic mass is 127. The number of piperidine rings is 1. The van der Waals surface area contributed by atoms with E-state index in [1.807, 2.05) is 17.8 Å². The average molecular weight is 541 g/mol. The van der Waals surface area contributed by atoms with Crippen LogP contribution < -0.4 is 10.6 Å². The predicted molar refractivity (Wildman–Crippen MR) is 130 cm³/mol. The molecule has 1 atom stereocenters. The summed E-state index contributed by atoms with van der Waals surface area (Å²) in [5, 5.41) is 7.11. The second-order valence-corrected chi connectivity index (χ2v) is 10.4. The van der Waals surface area contributed by atoms with Crippen LogP contribution in [0, 0.1) is 5.92 Å². The van der Waals surface area contributed by atoms with Gasteiger partial charge in [-0.25, -0.2) is 12.7 Å². The third-order valence-corrected chi connectivity index (χ3v) is 6.93. The molecule has 0 spiro atoms. The normalized spacial score (nSPS) is 17.6. The minimum atomic E-state index is -3.06. The maximum atomic E-state index is 11.6. The van der Waals surface area contributed by atoms with Crippen molar-refractivity contribution in [3.8, 4) is 0 Å². The van der Waals surface area contributed by atoms with E-state index in [-0.39, 0.29) is 24.0 Å². The Bertz CT molecular complexity index is 693. The Kier molecular flexibility index (Phi) is 11.8. The molecule has 1 fully saturated rings. The molecule has 6 nitrogen and oxygen atoms in total. The number of benzene rings is 1. The van der Waals surface area contributed by atoms with Gasteiger partial charge in [0.1, 0.15) is 0 Å². The first kappa shape index (κ1) is 25.5. The molecule has 0 aromatic heterocycles. The van der Waals surface area contributed by atoms with E-state index in [0.717, 1.165) is 38.4 Å². The van der Waals surface area contributed by atoms with Crippen molar-refractivity contribution in [2.45, 2.75) is 36.8 Å². The van der Waals surface area contributed by atoms with Crippen LogP contribution in [0.25, 0.3) is 0 Å². The first-order valence-corrected chi connectivity index (χ1v) is 12.3. The number of thioether (sulfide) groups is 1. The van der Waals surface area contributed by atoms with Crippen molar-refractivity contribution in [3.63, 3.8) is 0 Å². The first-order chi connectivity index (χ1) is 12.9. The average Bonchev–Trinajstić information content (AvgIpc) is 2.64. The summed E-state index contributed by atoms with van der Waals surface area (Å²) in [5.41, 5.74) is 0. The summed E-state index contributed by atoms with van der Waals surface area (Å²) in [6, 6.07) is 10.4. The molecule has 160 valence electrons. The molecular weight excluding hydrogens is 507 g/mol. The van der Waals surface area contributed by atoms with Crippen LogP contribution in [0.1, 0.15) is 26.7 Å². The van der Waals surface area contributed by atoms with Crippen molar-refractivity contribution in [3.05, 3.63) is 30.3 Å². The Labute approximate surface area is 191 Å². The van der Waals surface area contributed by atoms with Crippen LogP contribution in [-0.2, 0) is 10.0 Å². The smallest absolute Gasteiger partial charge is 0.211 e. The largest absolute Gasteiger partial charge is 0.357 e. The minimum Gasteiger partial charge on any atom is -0.357 e. The minimum absolute atomic E-state index is 0. The Hall–Kier alpha value is -0.520. The second-order valence-electron chi connectivity index (χ2n) is 6.95. The summed E-state index contributed by atoms with van der Waals surface area (Å²) in [5.74, 6) is 1.31. The molecule has 2 rings (SSSR count). The summed E-state index contributed by atoms with van der Waals surface area (Å²) in [7, 11) is -3.06. The maximum absolute atomic E-state index is 11.6. The summed E-state index contributed by atoms with van der Waals surface area (Å²) in [6.07, 6.45) is 3.07. The van der Waals surface area contributed by atoms with Crippen LogP contribution in [0.2, 0.25) is 0 Å². The van der Waals surface area contributed by atoms with Crippen LogP contribution in [0.15, 0.2) is 40.2 Å². The Morgan fingerprint density at radius 2 is 1.89 bits per heavy atom. The number of rotatable bonds is 8. The molecular formula is C19H33IN4O2S2. The highest BCUT2D eigenvalue weighted by molar-refractivity contribution is 14.0. The van der Waals surface area contributed by atoms with Crippen molar-refractivity contribution in [1.82, 2.24) is 14.9 Å². The van der Waals surface area contributed by atoms with Crippen molar-refractivity contribution in [2.24, 2.45) is 10.9 Å². The van der Waals surface area contributed by atoms with Crippen LogP contribution in [0.3, 0.4) is 0 Å². The van der Waals surface area contributed by atoms with Gasteiger partial charge < -0.3 is 10.6 Å². The van der Waals surface area contributed by atoms with Crippen molar-refractivity contribution in [1.29, 1.82) is 0 Å². The molecule has 28 heavy (non-hydrogen) atoms. The van der Waals surface area contributed by atoms with Crippen molar-refractivity contribution < 1.29 is 8.42 Å². The number of hydrogen-bond acceptors (Lipinski definition) is 4. The Balaban J connectivity index is 0.00000392. The molecule has 1 saturated heterocycles. The number of aliphatic imine (C=N–C) groups is 1. The van der Waals surface area contributed by atoms with Gasteiger partial charge in [0, 0.05) is 36.3 Å². The predicted octanol–water partition coefficient (Wildman–Crippen LogP) is 3.01. The SMILES string of the molecule is CCNC(=NCC(C)Sc1ccccc1)NCC1CCN(S(C)(=O)=O)CC1.I. The van der Waals surface area contributed by atoms with E-state index in [1.54, 1.807) is 4.31 Å². The van der Waals surface area contributed by atoms with Crippen LogP contribution in [0.4, 0.5) is 0 Å². The summed E-state index contributed by atoms with van der Waals surface area (Å²) in [4.78, 5) is 5.98. The van der Waals surface area contributed by atoms with Crippen LogP contribution in [-0.4, -0.2) is 62.9 Å². The summed E-state index contributed by atoms with van der Waals surface area (Å²) < 4.78 is 24.8. The molecule has 1 aromatic carbocycles. The molecule has 0 bridgehead atoms. The molecule has 2 N–H and O–H groups in total. The van der Waals surface area contributed by atoms with Gasteiger partial charge in [0.15, 0.2) is 5.96 Å². The van der Waals surface area contributed by atoms with Gasteiger partial charge in [0.25, 0.3) is 0 Å². The fourth-order valence-electron chi connectivity index (χ4n) is 3.02. The molecule has 9 heteroatoms. The van der Waals surface area contributed by atoms with Crippen LogP contribution >= 0.6 is 35.7 Å².